The number of nitrogens with zero attached hydrogens (tertiary/aromatic N) is 2. The lowest BCUT2D eigenvalue weighted by atomic mass is 10.2. The minimum absolute atomic E-state index is 0.0777. The normalized spacial score (nSPS) is 10.4. The Kier molecular flexibility index (Phi) is 6.27. The van der Waals surface area contributed by atoms with Crippen LogP contribution < -0.4 is 10.1 Å². The van der Waals surface area contributed by atoms with E-state index >= 15 is 0 Å². The number of carbonyl (C=O) groups excluding carboxylic acids is 1. The van der Waals surface area contributed by atoms with E-state index in [1.165, 1.54) is 23.1 Å². The van der Waals surface area contributed by atoms with E-state index in [9.17, 15) is 4.79 Å². The largest absolute Gasteiger partial charge is 0.484 e. The molecule has 0 aliphatic heterocycles. The Morgan fingerprint density at radius 1 is 1.12 bits per heavy atom. The molecule has 1 amide bonds. The molecule has 0 saturated carbocycles. The molecule has 0 fully saturated rings. The summed E-state index contributed by atoms with van der Waals surface area (Å²) >= 11 is 8.97. The predicted molar refractivity (Wildman–Crippen MR) is 101 cm³/mol. The molecule has 1 N–H and O–H groups in total. The summed E-state index contributed by atoms with van der Waals surface area (Å²) in [6.45, 7) is -0.0777. The van der Waals surface area contributed by atoms with Crippen LogP contribution in [0.25, 0.3) is 0 Å². The van der Waals surface area contributed by atoms with Crippen LogP contribution in [0.5, 0.6) is 5.75 Å². The summed E-state index contributed by atoms with van der Waals surface area (Å²) in [6, 6.07) is 16.8. The monoisotopic (exact) mass is 391 g/mol. The first-order valence-corrected chi connectivity index (χ1v) is 9.56. The van der Waals surface area contributed by atoms with Gasteiger partial charge in [0.1, 0.15) is 5.75 Å². The van der Waals surface area contributed by atoms with E-state index in [0.29, 0.717) is 16.6 Å². The maximum absolute atomic E-state index is 11.9. The van der Waals surface area contributed by atoms with Gasteiger partial charge in [0.2, 0.25) is 5.13 Å². The fraction of sp³-hybridized carbons (Fsp3) is 0.118. The highest BCUT2D eigenvalue weighted by molar-refractivity contribution is 8.00. The first-order valence-electron chi connectivity index (χ1n) is 7.38. The lowest BCUT2D eigenvalue weighted by Gasteiger charge is -2.04. The summed E-state index contributed by atoms with van der Waals surface area (Å²) in [5.41, 5.74) is 1.03. The second-order valence-electron chi connectivity index (χ2n) is 4.90. The van der Waals surface area contributed by atoms with Crippen LogP contribution >= 0.6 is 34.7 Å². The van der Waals surface area contributed by atoms with Gasteiger partial charge in [-0.25, -0.2) is 0 Å². The zero-order valence-electron chi connectivity index (χ0n) is 13.0. The van der Waals surface area contributed by atoms with Gasteiger partial charge in [0, 0.05) is 10.8 Å². The van der Waals surface area contributed by atoms with E-state index in [1.807, 2.05) is 42.5 Å². The molecule has 5 nitrogen and oxygen atoms in total. The summed E-state index contributed by atoms with van der Waals surface area (Å²) in [5, 5.41) is 11.9. The van der Waals surface area contributed by atoms with Crippen molar-refractivity contribution in [3.63, 3.8) is 0 Å². The minimum Gasteiger partial charge on any atom is -0.484 e. The third-order valence-corrected chi connectivity index (χ3v) is 5.46. The molecular formula is C17H14ClN3O2S2. The maximum atomic E-state index is 11.9. The lowest BCUT2D eigenvalue weighted by molar-refractivity contribution is -0.118. The number of ether oxygens (including phenoxy) is 1. The van der Waals surface area contributed by atoms with Crippen LogP contribution in [0.1, 0.15) is 5.56 Å². The van der Waals surface area contributed by atoms with Crippen molar-refractivity contribution in [3.8, 4) is 5.75 Å². The number of para-hydroxylation sites is 1. The zero-order valence-corrected chi connectivity index (χ0v) is 15.4. The SMILES string of the molecule is O=C(COc1ccccc1)Nc1nnc(SCc2ccccc2Cl)s1. The molecule has 0 bridgehead atoms. The van der Waals surface area contributed by atoms with Crippen LogP contribution in [0.15, 0.2) is 58.9 Å². The van der Waals surface area contributed by atoms with Crippen LogP contribution in [0.4, 0.5) is 5.13 Å². The number of halogens is 1. The van der Waals surface area contributed by atoms with E-state index < -0.39 is 0 Å². The summed E-state index contributed by atoms with van der Waals surface area (Å²) in [7, 11) is 0. The Morgan fingerprint density at radius 3 is 2.68 bits per heavy atom. The molecular weight excluding hydrogens is 378 g/mol. The molecule has 0 spiro atoms. The molecule has 0 aliphatic rings. The van der Waals surface area contributed by atoms with Gasteiger partial charge >= 0.3 is 0 Å². The van der Waals surface area contributed by atoms with Crippen molar-refractivity contribution in [3.05, 3.63) is 65.2 Å². The van der Waals surface area contributed by atoms with E-state index in [0.717, 1.165) is 14.9 Å². The van der Waals surface area contributed by atoms with E-state index in [2.05, 4.69) is 15.5 Å². The number of rotatable bonds is 7. The summed E-state index contributed by atoms with van der Waals surface area (Å²) in [5.74, 6) is 1.06. The van der Waals surface area contributed by atoms with E-state index in [1.54, 1.807) is 12.1 Å². The Labute approximate surface area is 158 Å². The molecule has 3 rings (SSSR count). The number of hydrogen-bond donors (Lipinski definition) is 1. The van der Waals surface area contributed by atoms with Crippen molar-refractivity contribution in [2.24, 2.45) is 0 Å². The van der Waals surface area contributed by atoms with Gasteiger partial charge in [-0.1, -0.05) is 71.1 Å². The third kappa shape index (κ3) is 5.45. The fourth-order valence-electron chi connectivity index (χ4n) is 1.89. The summed E-state index contributed by atoms with van der Waals surface area (Å²) < 4.78 is 6.15. The topological polar surface area (TPSA) is 64.1 Å². The lowest BCUT2D eigenvalue weighted by Crippen LogP contribution is -2.20. The van der Waals surface area contributed by atoms with Crippen molar-refractivity contribution in [1.29, 1.82) is 0 Å². The van der Waals surface area contributed by atoms with Gasteiger partial charge in [0.25, 0.3) is 5.91 Å². The Bertz CT molecular complexity index is 843. The summed E-state index contributed by atoms with van der Waals surface area (Å²) in [4.78, 5) is 11.9. The van der Waals surface area contributed by atoms with E-state index in [4.69, 9.17) is 16.3 Å². The van der Waals surface area contributed by atoms with Gasteiger partial charge < -0.3 is 4.74 Å². The van der Waals surface area contributed by atoms with Crippen molar-refractivity contribution in [1.82, 2.24) is 10.2 Å². The first kappa shape index (κ1) is 17.7. The number of anilines is 1. The number of hydrogen-bond acceptors (Lipinski definition) is 6. The summed E-state index contributed by atoms with van der Waals surface area (Å²) in [6.07, 6.45) is 0. The quantitative estimate of drug-likeness (QED) is 0.474. The zero-order chi connectivity index (χ0) is 17.5. The number of thioether (sulfide) groups is 1. The molecule has 1 aromatic heterocycles. The second-order valence-corrected chi connectivity index (χ2v) is 7.51. The minimum atomic E-state index is -0.275. The smallest absolute Gasteiger partial charge is 0.264 e. The third-order valence-electron chi connectivity index (χ3n) is 3.07. The fourth-order valence-corrected chi connectivity index (χ4v) is 3.95. The van der Waals surface area contributed by atoms with Gasteiger partial charge in [-0.05, 0) is 23.8 Å². The standard InChI is InChI=1S/C17H14ClN3O2S2/c18-14-9-5-4-6-12(14)11-24-17-21-20-16(25-17)19-15(22)10-23-13-7-2-1-3-8-13/h1-9H,10-11H2,(H,19,20,22). The Morgan fingerprint density at radius 2 is 1.88 bits per heavy atom. The maximum Gasteiger partial charge on any atom is 0.264 e. The van der Waals surface area contributed by atoms with Gasteiger partial charge in [-0.2, -0.15) is 0 Å². The van der Waals surface area contributed by atoms with Crippen LogP contribution in [0.3, 0.4) is 0 Å². The number of carbonyl (C=O) groups is 1. The number of nitrogens with one attached hydrogen (secondary N) is 1. The van der Waals surface area contributed by atoms with Gasteiger partial charge in [0.05, 0.1) is 0 Å². The molecule has 0 unspecified atom stereocenters. The van der Waals surface area contributed by atoms with Gasteiger partial charge in [-0.3, -0.25) is 10.1 Å². The molecule has 0 aliphatic carbocycles. The van der Waals surface area contributed by atoms with Crippen LogP contribution in [0.2, 0.25) is 5.02 Å². The van der Waals surface area contributed by atoms with Crippen molar-refractivity contribution in [2.45, 2.75) is 10.1 Å². The van der Waals surface area contributed by atoms with Gasteiger partial charge in [-0.15, -0.1) is 10.2 Å². The molecule has 0 radical (unpaired) electrons. The van der Waals surface area contributed by atoms with Crippen molar-refractivity contribution < 1.29 is 9.53 Å². The highest BCUT2D eigenvalue weighted by Gasteiger charge is 2.10. The average Bonchev–Trinajstić information content (AvgIpc) is 3.07. The highest BCUT2D eigenvalue weighted by atomic mass is 35.5. The molecule has 8 heteroatoms. The molecule has 3 aromatic rings. The van der Waals surface area contributed by atoms with Crippen LogP contribution in [-0.2, 0) is 10.5 Å². The molecule has 1 heterocycles. The molecule has 25 heavy (non-hydrogen) atoms. The number of aromatic nitrogens is 2. The van der Waals surface area contributed by atoms with E-state index in [-0.39, 0.29) is 12.5 Å². The first-order chi connectivity index (χ1) is 12.2. The van der Waals surface area contributed by atoms with Gasteiger partial charge in [0.15, 0.2) is 10.9 Å². The van der Waals surface area contributed by atoms with Crippen molar-refractivity contribution in [2.75, 3.05) is 11.9 Å². The molecule has 128 valence electrons. The second kappa shape index (κ2) is 8.84. The average molecular weight is 392 g/mol. The molecule has 0 atom stereocenters. The highest BCUT2D eigenvalue weighted by Crippen LogP contribution is 2.30. The predicted octanol–water partition coefficient (Wildman–Crippen LogP) is 4.50. The molecule has 0 saturated heterocycles. The Hall–Kier alpha value is -2.09. The number of benzene rings is 2. The van der Waals surface area contributed by atoms with Crippen molar-refractivity contribution >= 4 is 45.7 Å². The van der Waals surface area contributed by atoms with Crippen LogP contribution in [-0.4, -0.2) is 22.7 Å². The van der Waals surface area contributed by atoms with Crippen LogP contribution in [0, 0.1) is 0 Å². The number of amides is 1. The Balaban J connectivity index is 1.48. The molecule has 2 aromatic carbocycles.